The summed E-state index contributed by atoms with van der Waals surface area (Å²) in [6, 6.07) is 64.0. The predicted octanol–water partition coefficient (Wildman–Crippen LogP) is 14.7. The van der Waals surface area contributed by atoms with E-state index >= 15 is 0 Å². The summed E-state index contributed by atoms with van der Waals surface area (Å²) >= 11 is 0. The molecule has 3 bridgehead atoms. The number of nitrogens with zero attached hydrogens (tertiary/aromatic N) is 2. The van der Waals surface area contributed by atoms with E-state index in [1.54, 1.807) is 5.56 Å². The van der Waals surface area contributed by atoms with E-state index in [1.165, 1.54) is 61.0 Å². The Morgan fingerprint density at radius 2 is 1.04 bits per heavy atom. The Kier molecular flexibility index (Phi) is 7.03. The quantitative estimate of drug-likeness (QED) is 0.156. The average molecular weight is 725 g/mol. The van der Waals surface area contributed by atoms with Gasteiger partial charge in [-0.05, 0) is 163 Å². The molecule has 12 rings (SSSR count). The first-order chi connectivity index (χ1) is 27.6. The lowest BCUT2D eigenvalue weighted by Crippen LogP contribution is -2.42. The zero-order valence-electron chi connectivity index (χ0n) is 31.5. The Bertz CT molecular complexity index is 2730. The maximum atomic E-state index is 6.33. The summed E-state index contributed by atoms with van der Waals surface area (Å²) in [5, 5.41) is 2.27. The summed E-state index contributed by atoms with van der Waals surface area (Å²) in [4.78, 5) is 4.72. The van der Waals surface area contributed by atoms with Crippen LogP contribution in [0.3, 0.4) is 0 Å². The van der Waals surface area contributed by atoms with Crippen LogP contribution in [-0.4, -0.2) is 0 Å². The molecule has 4 fully saturated rings. The number of anilines is 6. The normalized spacial score (nSPS) is 24.3. The third-order valence-corrected chi connectivity index (χ3v) is 14.4. The van der Waals surface area contributed by atoms with E-state index in [-0.39, 0.29) is 0 Å². The fraction of sp³-hybridized carbons (Fsp3) is 0.208. The molecule has 272 valence electrons. The molecule has 7 aromatic carbocycles. The molecule has 4 aliphatic rings. The molecule has 5 atom stereocenters. The average Bonchev–Trinajstić information content (AvgIpc) is 3.78. The molecule has 0 saturated heterocycles. The molecule has 5 unspecified atom stereocenters. The third-order valence-electron chi connectivity index (χ3n) is 14.4. The van der Waals surface area contributed by atoms with Crippen LogP contribution in [-0.2, 0) is 5.41 Å². The van der Waals surface area contributed by atoms with Crippen molar-refractivity contribution in [1.82, 2.24) is 0 Å². The highest BCUT2D eigenvalue weighted by Gasteiger charge is 2.70. The van der Waals surface area contributed by atoms with Crippen LogP contribution in [0.5, 0.6) is 0 Å². The monoisotopic (exact) mass is 724 g/mol. The molecule has 4 saturated carbocycles. The van der Waals surface area contributed by atoms with Crippen molar-refractivity contribution in [3.63, 3.8) is 0 Å². The summed E-state index contributed by atoms with van der Waals surface area (Å²) in [6.45, 7) is 0. The highest BCUT2D eigenvalue weighted by atomic mass is 16.3. The standard InChI is InChI=1S/C53H44N2O/c1-3-11-42(12-4-1)54(45-24-20-39(21-25-45)52-32-36-28-40-30-41(34-52)53(40,33-36)35-52)44-22-18-37(19-23-44)38-10-9-15-46(29-38)55(43-13-5-2-6-14-43)47-26-27-49-48-16-7-8-17-50(48)56-51(49)31-47/h1-27,29,31,36,40-41H,28,30,32-35H2. The van der Waals surface area contributed by atoms with Crippen LogP contribution in [0.4, 0.5) is 34.1 Å². The molecule has 0 radical (unpaired) electrons. The van der Waals surface area contributed by atoms with E-state index in [2.05, 4.69) is 174 Å². The molecule has 1 heterocycles. The van der Waals surface area contributed by atoms with Gasteiger partial charge in [-0.25, -0.2) is 0 Å². The largest absolute Gasteiger partial charge is 0.456 e. The van der Waals surface area contributed by atoms with Crippen molar-refractivity contribution in [2.45, 2.75) is 43.9 Å². The molecule has 1 aromatic heterocycles. The minimum Gasteiger partial charge on any atom is -0.456 e. The number of benzene rings is 7. The van der Waals surface area contributed by atoms with Crippen molar-refractivity contribution < 1.29 is 4.42 Å². The van der Waals surface area contributed by atoms with E-state index in [0.29, 0.717) is 10.8 Å². The summed E-state index contributed by atoms with van der Waals surface area (Å²) < 4.78 is 6.33. The molecule has 0 N–H and O–H groups in total. The van der Waals surface area contributed by atoms with Crippen LogP contribution < -0.4 is 9.80 Å². The Labute approximate surface area is 328 Å². The van der Waals surface area contributed by atoms with Gasteiger partial charge in [0.1, 0.15) is 11.2 Å². The molecule has 8 aromatic rings. The van der Waals surface area contributed by atoms with Gasteiger partial charge in [0.2, 0.25) is 0 Å². The molecule has 0 amide bonds. The van der Waals surface area contributed by atoms with Crippen LogP contribution in [0.2, 0.25) is 0 Å². The maximum absolute atomic E-state index is 6.33. The fourth-order valence-corrected chi connectivity index (χ4v) is 12.2. The first-order valence-electron chi connectivity index (χ1n) is 20.6. The van der Waals surface area contributed by atoms with Crippen LogP contribution in [0.25, 0.3) is 33.1 Å². The molecule has 56 heavy (non-hydrogen) atoms. The fourth-order valence-electron chi connectivity index (χ4n) is 12.2. The number of para-hydroxylation sites is 3. The number of rotatable bonds is 8. The molecular formula is C53H44N2O. The van der Waals surface area contributed by atoms with E-state index in [0.717, 1.165) is 62.4 Å². The molecule has 3 heteroatoms. The van der Waals surface area contributed by atoms with Gasteiger partial charge >= 0.3 is 0 Å². The van der Waals surface area contributed by atoms with Gasteiger partial charge in [0.25, 0.3) is 0 Å². The first-order valence-corrected chi connectivity index (χ1v) is 20.6. The smallest absolute Gasteiger partial charge is 0.137 e. The van der Waals surface area contributed by atoms with Crippen LogP contribution >= 0.6 is 0 Å². The number of hydrogen-bond acceptors (Lipinski definition) is 3. The van der Waals surface area contributed by atoms with Gasteiger partial charge in [0, 0.05) is 51.0 Å². The van der Waals surface area contributed by atoms with Crippen molar-refractivity contribution in [1.29, 1.82) is 0 Å². The number of furan rings is 1. The molecule has 1 spiro atoms. The van der Waals surface area contributed by atoms with Crippen molar-refractivity contribution in [2.75, 3.05) is 9.80 Å². The lowest BCUT2D eigenvalue weighted by atomic mass is 9.55. The lowest BCUT2D eigenvalue weighted by Gasteiger charge is -2.49. The van der Waals surface area contributed by atoms with Gasteiger partial charge in [-0.1, -0.05) is 91.0 Å². The lowest BCUT2D eigenvalue weighted by molar-refractivity contribution is -0.000160. The molecule has 4 aliphatic carbocycles. The molecule has 0 aliphatic heterocycles. The van der Waals surface area contributed by atoms with Crippen molar-refractivity contribution in [3.05, 3.63) is 181 Å². The van der Waals surface area contributed by atoms with Crippen LogP contribution in [0.1, 0.15) is 44.1 Å². The van der Waals surface area contributed by atoms with Gasteiger partial charge < -0.3 is 14.2 Å². The highest BCUT2D eigenvalue weighted by molar-refractivity contribution is 6.06. The minimum atomic E-state index is 0.404. The second-order valence-corrected chi connectivity index (χ2v) is 17.3. The Hall–Kier alpha value is -6.06. The van der Waals surface area contributed by atoms with Crippen molar-refractivity contribution in [3.8, 4) is 11.1 Å². The third kappa shape index (κ3) is 4.89. The highest BCUT2D eigenvalue weighted by Crippen LogP contribution is 2.79. The van der Waals surface area contributed by atoms with Gasteiger partial charge in [-0.2, -0.15) is 0 Å². The number of hydrogen-bond donors (Lipinski definition) is 0. The van der Waals surface area contributed by atoms with E-state index < -0.39 is 0 Å². The van der Waals surface area contributed by atoms with Crippen molar-refractivity contribution >= 4 is 56.1 Å². The molecular weight excluding hydrogens is 681 g/mol. The Morgan fingerprint density at radius 1 is 0.429 bits per heavy atom. The zero-order valence-corrected chi connectivity index (χ0v) is 31.5. The van der Waals surface area contributed by atoms with E-state index in [9.17, 15) is 0 Å². The summed E-state index contributed by atoms with van der Waals surface area (Å²) in [7, 11) is 0. The van der Waals surface area contributed by atoms with Gasteiger partial charge in [-0.3, -0.25) is 0 Å². The van der Waals surface area contributed by atoms with Gasteiger partial charge in [0.05, 0.1) is 0 Å². The van der Waals surface area contributed by atoms with Crippen molar-refractivity contribution in [2.24, 2.45) is 23.2 Å². The Morgan fingerprint density at radius 3 is 1.80 bits per heavy atom. The maximum Gasteiger partial charge on any atom is 0.137 e. The second-order valence-electron chi connectivity index (χ2n) is 17.3. The zero-order chi connectivity index (χ0) is 36.8. The van der Waals surface area contributed by atoms with Crippen LogP contribution in [0.15, 0.2) is 180 Å². The second kappa shape index (κ2) is 12.2. The van der Waals surface area contributed by atoms with Crippen LogP contribution in [0, 0.1) is 23.2 Å². The molecule has 3 nitrogen and oxygen atoms in total. The van der Waals surface area contributed by atoms with Gasteiger partial charge in [0.15, 0.2) is 0 Å². The summed E-state index contributed by atoms with van der Waals surface area (Å²) in [5.41, 5.74) is 13.6. The Balaban J connectivity index is 0.875. The summed E-state index contributed by atoms with van der Waals surface area (Å²) in [6.07, 6.45) is 8.80. The van der Waals surface area contributed by atoms with Gasteiger partial charge in [-0.15, -0.1) is 0 Å². The first kappa shape index (κ1) is 32.2. The number of fused-ring (bicyclic) bond motifs is 5. The minimum absolute atomic E-state index is 0.404. The predicted molar refractivity (Wildman–Crippen MR) is 231 cm³/mol. The summed E-state index contributed by atoms with van der Waals surface area (Å²) in [5.74, 6) is 2.96. The SMILES string of the molecule is c1ccc(N(c2ccc(-c3cccc(N(c4ccccc4)c4ccc5c(c4)oc4ccccc45)c3)cc2)c2ccc(C34CC5CC6CC(C3)C6(C5)C4)cc2)cc1. The topological polar surface area (TPSA) is 19.6 Å². The van der Waals surface area contributed by atoms with E-state index in [1.807, 2.05) is 12.1 Å². The van der Waals surface area contributed by atoms with E-state index in [4.69, 9.17) is 4.42 Å².